The van der Waals surface area contributed by atoms with Crippen molar-refractivity contribution in [1.82, 2.24) is 5.32 Å². The van der Waals surface area contributed by atoms with Crippen molar-refractivity contribution >= 4 is 13.7 Å². The van der Waals surface area contributed by atoms with Gasteiger partial charge < -0.3 is 46.0 Å². The molecule has 8 unspecified atom stereocenters. The van der Waals surface area contributed by atoms with Gasteiger partial charge in [-0.15, -0.1) is 0 Å². The highest BCUT2D eigenvalue weighted by Gasteiger charge is 2.51. The number of allylic oxidation sites excluding steroid dienone is 3. The Morgan fingerprint density at radius 1 is 0.636 bits per heavy atom. The molecule has 0 aliphatic heterocycles. The van der Waals surface area contributed by atoms with Crippen molar-refractivity contribution in [3.63, 3.8) is 0 Å². The van der Waals surface area contributed by atoms with Crippen LogP contribution in [0, 0.1) is 0 Å². The van der Waals surface area contributed by atoms with Crippen LogP contribution in [0.4, 0.5) is 0 Å². The van der Waals surface area contributed by atoms with Crippen molar-refractivity contribution in [2.24, 2.45) is 0 Å². The van der Waals surface area contributed by atoms with E-state index in [4.69, 9.17) is 9.05 Å². The van der Waals surface area contributed by atoms with E-state index in [0.717, 1.165) is 77.0 Å². The van der Waals surface area contributed by atoms with E-state index in [-0.39, 0.29) is 6.42 Å². The molecular formula is C41H78NO12P. The number of phosphoric acid groups is 1. The van der Waals surface area contributed by atoms with E-state index in [1.54, 1.807) is 6.08 Å². The summed E-state index contributed by atoms with van der Waals surface area (Å²) in [6.07, 6.45) is 18.9. The standard InChI is InChI=1S/C41H78NO12P/c1-3-5-7-9-11-12-13-14-15-16-17-18-19-20-21-23-24-26-28-32(43)30-35(45)42-33(34(44)29-27-25-22-10-8-6-4-2)31-53-55(51,52)54-41-39(49)37(47)36(46)38(48)40(41)50/h17-18,27,29,32-34,36-41,43-44,46-50H,3-16,19-26,28,30-31H2,1-2H3,(H,42,45)(H,51,52)/b18-17-,29-27+. The molecule has 324 valence electrons. The van der Waals surface area contributed by atoms with Crippen molar-refractivity contribution in [2.75, 3.05) is 6.61 Å². The lowest BCUT2D eigenvalue weighted by atomic mass is 9.85. The summed E-state index contributed by atoms with van der Waals surface area (Å²) in [6.45, 7) is 3.64. The van der Waals surface area contributed by atoms with Crippen molar-refractivity contribution in [1.29, 1.82) is 0 Å². The monoisotopic (exact) mass is 808 g/mol. The Kier molecular flexibility index (Phi) is 29.9. The Balaban J connectivity index is 2.47. The predicted octanol–water partition coefficient (Wildman–Crippen LogP) is 6.03. The van der Waals surface area contributed by atoms with Gasteiger partial charge in [0.05, 0.1) is 31.3 Å². The summed E-state index contributed by atoms with van der Waals surface area (Å²) in [6, 6.07) is -1.24. The minimum atomic E-state index is -5.13. The minimum Gasteiger partial charge on any atom is -0.393 e. The van der Waals surface area contributed by atoms with E-state index in [1.165, 1.54) is 63.9 Å². The number of rotatable bonds is 34. The first-order chi connectivity index (χ1) is 26.3. The molecule has 0 saturated heterocycles. The van der Waals surface area contributed by atoms with Crippen molar-refractivity contribution in [2.45, 2.75) is 223 Å². The van der Waals surface area contributed by atoms with Crippen molar-refractivity contribution in [3.8, 4) is 0 Å². The second kappa shape index (κ2) is 31.7. The number of carbonyl (C=O) groups excluding carboxylic acids is 1. The number of unbranched alkanes of at least 4 members (excludes halogenated alkanes) is 19. The van der Waals surface area contributed by atoms with Gasteiger partial charge in [-0.05, 0) is 44.9 Å². The van der Waals surface area contributed by atoms with Crippen LogP contribution in [-0.2, 0) is 18.4 Å². The largest absolute Gasteiger partial charge is 0.472 e. The molecule has 1 fully saturated rings. The van der Waals surface area contributed by atoms with Gasteiger partial charge in [-0.2, -0.15) is 0 Å². The number of hydrogen-bond donors (Lipinski definition) is 9. The average Bonchev–Trinajstić information content (AvgIpc) is 3.15. The van der Waals surface area contributed by atoms with Gasteiger partial charge in [0.2, 0.25) is 5.91 Å². The topological polar surface area (TPSA) is 226 Å². The van der Waals surface area contributed by atoms with Crippen LogP contribution in [0.1, 0.15) is 168 Å². The summed E-state index contributed by atoms with van der Waals surface area (Å²) in [5, 5.41) is 74.0. The summed E-state index contributed by atoms with van der Waals surface area (Å²) in [7, 11) is -5.13. The Hall–Kier alpha value is -1.22. The first-order valence-electron chi connectivity index (χ1n) is 21.4. The van der Waals surface area contributed by atoms with Crippen molar-refractivity contribution in [3.05, 3.63) is 24.3 Å². The van der Waals surface area contributed by atoms with Crippen LogP contribution < -0.4 is 5.32 Å². The molecule has 1 amide bonds. The normalized spacial score (nSPS) is 24.6. The summed E-state index contributed by atoms with van der Waals surface area (Å²) in [4.78, 5) is 23.2. The second-order valence-corrected chi connectivity index (χ2v) is 16.8. The van der Waals surface area contributed by atoms with Gasteiger partial charge >= 0.3 is 7.82 Å². The molecule has 0 aromatic heterocycles. The quantitative estimate of drug-likeness (QED) is 0.0207. The van der Waals surface area contributed by atoms with Gasteiger partial charge in [-0.25, -0.2) is 4.57 Å². The maximum absolute atomic E-state index is 12.9. The van der Waals surface area contributed by atoms with Crippen LogP contribution in [0.3, 0.4) is 0 Å². The van der Waals surface area contributed by atoms with Gasteiger partial charge in [-0.3, -0.25) is 13.8 Å². The molecule has 1 saturated carbocycles. The number of aliphatic hydroxyl groups excluding tert-OH is 7. The zero-order valence-corrected chi connectivity index (χ0v) is 34.7. The number of nitrogens with one attached hydrogen (secondary N) is 1. The van der Waals surface area contributed by atoms with Crippen LogP contribution in [0.25, 0.3) is 0 Å². The molecule has 55 heavy (non-hydrogen) atoms. The lowest BCUT2D eigenvalue weighted by molar-refractivity contribution is -0.220. The molecule has 13 nitrogen and oxygen atoms in total. The Morgan fingerprint density at radius 3 is 1.55 bits per heavy atom. The maximum atomic E-state index is 12.9. The molecular weight excluding hydrogens is 729 g/mol. The average molecular weight is 808 g/mol. The summed E-state index contributed by atoms with van der Waals surface area (Å²) in [5.41, 5.74) is 0. The molecule has 0 aromatic carbocycles. The number of phosphoric ester groups is 1. The Labute approximate surface area is 331 Å². The fraction of sp³-hybridized carbons (Fsp3) is 0.878. The molecule has 8 atom stereocenters. The van der Waals surface area contributed by atoms with Crippen LogP contribution in [0.15, 0.2) is 24.3 Å². The second-order valence-electron chi connectivity index (χ2n) is 15.4. The SMILES string of the molecule is CCCCCCC/C=C/C(O)C(COP(=O)(O)OC1C(O)C(O)C(O)C(O)C1O)NC(=O)CC(O)CCCCCCC/C=C\CCCCCCCCCCC. The van der Waals surface area contributed by atoms with E-state index in [1.807, 2.05) is 0 Å². The van der Waals surface area contributed by atoms with E-state index in [9.17, 15) is 50.0 Å². The van der Waals surface area contributed by atoms with Gasteiger partial charge in [-0.1, -0.05) is 141 Å². The smallest absolute Gasteiger partial charge is 0.393 e. The fourth-order valence-corrected chi connectivity index (χ4v) is 7.67. The van der Waals surface area contributed by atoms with E-state index >= 15 is 0 Å². The summed E-state index contributed by atoms with van der Waals surface area (Å²) in [5.74, 6) is -0.602. The van der Waals surface area contributed by atoms with Gasteiger partial charge in [0.1, 0.15) is 36.6 Å². The third kappa shape index (κ3) is 24.3. The Bertz CT molecular complexity index is 1050. The lowest BCUT2D eigenvalue weighted by Gasteiger charge is -2.41. The van der Waals surface area contributed by atoms with Gasteiger partial charge in [0.15, 0.2) is 0 Å². The lowest BCUT2D eigenvalue weighted by Crippen LogP contribution is -2.64. The zero-order chi connectivity index (χ0) is 40.9. The highest BCUT2D eigenvalue weighted by molar-refractivity contribution is 7.47. The molecule has 0 heterocycles. The molecule has 0 radical (unpaired) electrons. The van der Waals surface area contributed by atoms with Crippen LogP contribution in [-0.4, -0.2) is 108 Å². The third-order valence-electron chi connectivity index (χ3n) is 10.3. The molecule has 1 aliphatic rings. The number of carbonyl (C=O) groups is 1. The first-order valence-corrected chi connectivity index (χ1v) is 22.9. The molecule has 1 aliphatic carbocycles. The first kappa shape index (κ1) is 51.8. The fourth-order valence-electron chi connectivity index (χ4n) is 6.70. The molecule has 1 rings (SSSR count). The number of hydrogen-bond acceptors (Lipinski definition) is 11. The maximum Gasteiger partial charge on any atom is 0.472 e. The van der Waals surface area contributed by atoms with Gasteiger partial charge in [0, 0.05) is 0 Å². The molecule has 0 spiro atoms. The molecule has 0 aromatic rings. The van der Waals surface area contributed by atoms with Gasteiger partial charge in [0.25, 0.3) is 0 Å². The third-order valence-corrected chi connectivity index (χ3v) is 11.3. The summed E-state index contributed by atoms with van der Waals surface area (Å²) >= 11 is 0. The van der Waals surface area contributed by atoms with Crippen LogP contribution in [0.2, 0.25) is 0 Å². The highest BCUT2D eigenvalue weighted by atomic mass is 31.2. The minimum absolute atomic E-state index is 0.250. The van der Waals surface area contributed by atoms with E-state index in [0.29, 0.717) is 12.8 Å². The molecule has 9 N–H and O–H groups in total. The Morgan fingerprint density at radius 2 is 1.05 bits per heavy atom. The van der Waals surface area contributed by atoms with Crippen LogP contribution >= 0.6 is 7.82 Å². The van der Waals surface area contributed by atoms with Crippen LogP contribution in [0.5, 0.6) is 0 Å². The van der Waals surface area contributed by atoms with E-state index in [2.05, 4.69) is 31.3 Å². The highest BCUT2D eigenvalue weighted by Crippen LogP contribution is 2.47. The number of aliphatic hydroxyl groups is 7. The summed E-state index contributed by atoms with van der Waals surface area (Å²) < 4.78 is 22.7. The molecule has 0 bridgehead atoms. The zero-order valence-electron chi connectivity index (χ0n) is 33.8. The molecule has 14 heteroatoms. The number of amides is 1. The predicted molar refractivity (Wildman–Crippen MR) is 215 cm³/mol. The van der Waals surface area contributed by atoms with Crippen molar-refractivity contribution < 1.29 is 59.0 Å². The van der Waals surface area contributed by atoms with E-state index < -0.39 is 75.2 Å².